The molecule has 0 saturated heterocycles. The van der Waals surface area contributed by atoms with Crippen molar-refractivity contribution in [2.45, 2.75) is 19.4 Å². The summed E-state index contributed by atoms with van der Waals surface area (Å²) in [5.74, 6) is 0.0766. The molecule has 1 aromatic rings. The van der Waals surface area contributed by atoms with Crippen molar-refractivity contribution in [3.8, 4) is 0 Å². The number of benzene rings is 1. The first-order chi connectivity index (χ1) is 7.60. The maximum atomic E-state index is 11.9. The van der Waals surface area contributed by atoms with Gasteiger partial charge in [-0.2, -0.15) is 0 Å². The first-order valence-corrected chi connectivity index (χ1v) is 6.20. The van der Waals surface area contributed by atoms with Gasteiger partial charge in [0.1, 0.15) is 0 Å². The minimum atomic E-state index is -0.289. The Morgan fingerprint density at radius 1 is 1.38 bits per heavy atom. The smallest absolute Gasteiger partial charge is 0.254 e. The van der Waals surface area contributed by atoms with Crippen LogP contribution in [0.2, 0.25) is 10.0 Å². The van der Waals surface area contributed by atoms with Crippen LogP contribution in [-0.4, -0.2) is 17.8 Å². The monoisotopic (exact) mass is 279 g/mol. The van der Waals surface area contributed by atoms with E-state index >= 15 is 0 Å². The van der Waals surface area contributed by atoms with Crippen molar-refractivity contribution < 1.29 is 4.79 Å². The number of carbonyl (C=O) groups excluding carboxylic acids is 1. The zero-order valence-electron chi connectivity index (χ0n) is 8.77. The van der Waals surface area contributed by atoms with E-state index in [9.17, 15) is 4.79 Å². The number of rotatable bonds is 4. The predicted molar refractivity (Wildman–Crippen MR) is 68.7 cm³/mol. The fourth-order valence-electron chi connectivity index (χ4n) is 1.22. The van der Waals surface area contributed by atoms with Crippen LogP contribution in [0.4, 0.5) is 0 Å². The van der Waals surface area contributed by atoms with Crippen molar-refractivity contribution in [1.29, 1.82) is 0 Å². The molecule has 2 nitrogen and oxygen atoms in total. The third-order valence-corrected chi connectivity index (χ3v) is 3.21. The van der Waals surface area contributed by atoms with Crippen LogP contribution in [0.1, 0.15) is 23.7 Å². The topological polar surface area (TPSA) is 29.1 Å². The van der Waals surface area contributed by atoms with Crippen molar-refractivity contribution in [3.05, 3.63) is 33.8 Å². The molecule has 0 bridgehead atoms. The molecule has 0 heterocycles. The molecular weight excluding hydrogens is 268 g/mol. The van der Waals surface area contributed by atoms with E-state index in [0.29, 0.717) is 21.5 Å². The average Bonchev–Trinajstić information content (AvgIpc) is 2.25. The molecule has 5 heteroatoms. The van der Waals surface area contributed by atoms with E-state index in [-0.39, 0.29) is 11.9 Å². The van der Waals surface area contributed by atoms with Crippen molar-refractivity contribution in [2.24, 2.45) is 0 Å². The second-order valence-corrected chi connectivity index (χ2v) is 4.45. The Labute approximate surface area is 110 Å². The third-order valence-electron chi connectivity index (χ3n) is 2.20. The van der Waals surface area contributed by atoms with Crippen LogP contribution in [0.25, 0.3) is 0 Å². The number of hydrogen-bond donors (Lipinski definition) is 1. The predicted octanol–water partition coefficient (Wildman–Crippen LogP) is 3.74. The van der Waals surface area contributed by atoms with Gasteiger partial charge in [0, 0.05) is 11.9 Å². The Balaban J connectivity index is 2.88. The summed E-state index contributed by atoms with van der Waals surface area (Å²) in [5.41, 5.74) is 0.300. The highest BCUT2D eigenvalue weighted by molar-refractivity contribution is 6.39. The van der Waals surface area contributed by atoms with Crippen LogP contribution >= 0.6 is 34.8 Å². The fraction of sp³-hybridized carbons (Fsp3) is 0.364. The molecule has 1 atom stereocenters. The molecule has 0 saturated carbocycles. The van der Waals surface area contributed by atoms with Crippen LogP contribution in [-0.2, 0) is 0 Å². The fourth-order valence-corrected chi connectivity index (χ4v) is 2.09. The van der Waals surface area contributed by atoms with Crippen LogP contribution in [0.5, 0.6) is 0 Å². The highest BCUT2D eigenvalue weighted by Crippen LogP contribution is 2.24. The van der Waals surface area contributed by atoms with Crippen LogP contribution in [0, 0.1) is 0 Å². The van der Waals surface area contributed by atoms with Gasteiger partial charge in [0.05, 0.1) is 15.6 Å². The number of nitrogens with one attached hydrogen (secondary N) is 1. The first kappa shape index (κ1) is 13.6. The van der Waals surface area contributed by atoms with E-state index in [2.05, 4.69) is 5.32 Å². The van der Waals surface area contributed by atoms with Crippen LogP contribution in [0.3, 0.4) is 0 Å². The summed E-state index contributed by atoms with van der Waals surface area (Å²) in [4.78, 5) is 11.9. The standard InChI is InChI=1S/C11H12Cl3NO/c1-2-7(6-12)15-11(16)10-8(13)4-3-5-9(10)14/h3-5,7H,2,6H2,1H3,(H,15,16). The number of amides is 1. The van der Waals surface area contributed by atoms with Gasteiger partial charge < -0.3 is 5.32 Å². The zero-order chi connectivity index (χ0) is 12.1. The SMILES string of the molecule is CCC(CCl)NC(=O)c1c(Cl)cccc1Cl. The van der Waals surface area contributed by atoms with Gasteiger partial charge in [0.2, 0.25) is 0 Å². The Morgan fingerprint density at radius 3 is 2.38 bits per heavy atom. The summed E-state index contributed by atoms with van der Waals surface area (Å²) < 4.78 is 0. The molecule has 1 N–H and O–H groups in total. The molecule has 0 fully saturated rings. The largest absolute Gasteiger partial charge is 0.348 e. The minimum absolute atomic E-state index is 0.0680. The summed E-state index contributed by atoms with van der Waals surface area (Å²) >= 11 is 17.5. The third kappa shape index (κ3) is 3.27. The quantitative estimate of drug-likeness (QED) is 0.836. The van der Waals surface area contributed by atoms with Crippen molar-refractivity contribution >= 4 is 40.7 Å². The molecule has 0 aliphatic heterocycles. The number of alkyl halides is 1. The summed E-state index contributed by atoms with van der Waals surface area (Å²) in [7, 11) is 0. The molecule has 0 radical (unpaired) electrons. The van der Waals surface area contributed by atoms with E-state index in [1.165, 1.54) is 0 Å². The highest BCUT2D eigenvalue weighted by atomic mass is 35.5. The van der Waals surface area contributed by atoms with E-state index in [0.717, 1.165) is 6.42 Å². The van der Waals surface area contributed by atoms with E-state index in [4.69, 9.17) is 34.8 Å². The lowest BCUT2D eigenvalue weighted by Crippen LogP contribution is -2.35. The average molecular weight is 281 g/mol. The molecule has 1 amide bonds. The van der Waals surface area contributed by atoms with Crippen molar-refractivity contribution in [3.63, 3.8) is 0 Å². The molecule has 88 valence electrons. The summed E-state index contributed by atoms with van der Waals surface area (Å²) in [6, 6.07) is 4.88. The molecule has 0 spiro atoms. The van der Waals surface area contributed by atoms with E-state index in [1.807, 2.05) is 6.92 Å². The molecule has 1 aromatic carbocycles. The van der Waals surface area contributed by atoms with Crippen molar-refractivity contribution in [1.82, 2.24) is 5.32 Å². The first-order valence-electron chi connectivity index (χ1n) is 4.91. The number of halogens is 3. The normalized spacial score (nSPS) is 12.2. The van der Waals surface area contributed by atoms with Crippen molar-refractivity contribution in [2.75, 3.05) is 5.88 Å². The lowest BCUT2D eigenvalue weighted by Gasteiger charge is -2.14. The van der Waals surface area contributed by atoms with Gasteiger partial charge >= 0.3 is 0 Å². The van der Waals surface area contributed by atoms with Crippen LogP contribution in [0.15, 0.2) is 18.2 Å². The lowest BCUT2D eigenvalue weighted by molar-refractivity contribution is 0.0940. The molecule has 0 aliphatic rings. The number of carbonyl (C=O) groups is 1. The van der Waals surface area contributed by atoms with Gasteiger partial charge in [-0.1, -0.05) is 36.2 Å². The van der Waals surface area contributed by atoms with Gasteiger partial charge in [0.25, 0.3) is 5.91 Å². The van der Waals surface area contributed by atoms with E-state index < -0.39 is 0 Å². The summed E-state index contributed by atoms with van der Waals surface area (Å²) in [6.45, 7) is 1.95. The molecule has 16 heavy (non-hydrogen) atoms. The number of hydrogen-bond acceptors (Lipinski definition) is 1. The Kier molecular flexibility index (Phi) is 5.39. The van der Waals surface area contributed by atoms with Crippen LogP contribution < -0.4 is 5.32 Å². The maximum Gasteiger partial charge on any atom is 0.254 e. The Bertz CT molecular complexity index is 357. The lowest BCUT2D eigenvalue weighted by atomic mass is 10.2. The van der Waals surface area contributed by atoms with Gasteiger partial charge in [0.15, 0.2) is 0 Å². The molecule has 0 aromatic heterocycles. The molecule has 1 unspecified atom stereocenters. The van der Waals surface area contributed by atoms with Gasteiger partial charge in [-0.3, -0.25) is 4.79 Å². The van der Waals surface area contributed by atoms with Gasteiger partial charge in [-0.25, -0.2) is 0 Å². The second kappa shape index (κ2) is 6.33. The maximum absolute atomic E-state index is 11.9. The second-order valence-electron chi connectivity index (χ2n) is 3.33. The minimum Gasteiger partial charge on any atom is -0.348 e. The highest BCUT2D eigenvalue weighted by Gasteiger charge is 2.16. The zero-order valence-corrected chi connectivity index (χ0v) is 11.0. The molecule has 1 rings (SSSR count). The van der Waals surface area contributed by atoms with Gasteiger partial charge in [-0.05, 0) is 18.6 Å². The molecule has 0 aliphatic carbocycles. The molecular formula is C11H12Cl3NO. The summed E-state index contributed by atoms with van der Waals surface area (Å²) in [5, 5.41) is 3.46. The van der Waals surface area contributed by atoms with E-state index in [1.54, 1.807) is 18.2 Å². The Hall–Kier alpha value is -0.440. The summed E-state index contributed by atoms with van der Waals surface area (Å²) in [6.07, 6.45) is 0.761. The van der Waals surface area contributed by atoms with Gasteiger partial charge in [-0.15, -0.1) is 11.6 Å². The Morgan fingerprint density at radius 2 is 1.94 bits per heavy atom.